The Balaban J connectivity index is 2.04. The summed E-state index contributed by atoms with van der Waals surface area (Å²) in [6.07, 6.45) is 1.12. The first-order chi connectivity index (χ1) is 10.2. The van der Waals surface area contributed by atoms with Gasteiger partial charge in [-0.25, -0.2) is 0 Å². The maximum atomic E-state index is 5.98. The standard InChI is InChI=1S/C18H22ClNO/c1-3-12-20-14(2)17-6-4-5-7-18(17)21-13-15-8-10-16(19)11-9-15/h4-11,14,20H,3,12-13H2,1-2H3. The third kappa shape index (κ3) is 4.76. The van der Waals surface area contributed by atoms with Crippen molar-refractivity contribution < 1.29 is 4.74 Å². The molecule has 1 unspecified atom stereocenters. The zero-order valence-electron chi connectivity index (χ0n) is 12.6. The highest BCUT2D eigenvalue weighted by molar-refractivity contribution is 6.30. The van der Waals surface area contributed by atoms with Crippen LogP contribution in [0.3, 0.4) is 0 Å². The summed E-state index contributed by atoms with van der Waals surface area (Å²) in [5.41, 5.74) is 2.31. The van der Waals surface area contributed by atoms with E-state index in [0.717, 1.165) is 29.3 Å². The molecule has 0 fully saturated rings. The van der Waals surface area contributed by atoms with E-state index in [9.17, 15) is 0 Å². The van der Waals surface area contributed by atoms with Crippen LogP contribution in [0.1, 0.15) is 37.4 Å². The molecule has 112 valence electrons. The Morgan fingerprint density at radius 1 is 1.10 bits per heavy atom. The van der Waals surface area contributed by atoms with E-state index in [4.69, 9.17) is 16.3 Å². The fourth-order valence-corrected chi connectivity index (χ4v) is 2.31. The van der Waals surface area contributed by atoms with E-state index >= 15 is 0 Å². The van der Waals surface area contributed by atoms with Crippen molar-refractivity contribution in [2.45, 2.75) is 32.9 Å². The lowest BCUT2D eigenvalue weighted by atomic mass is 10.1. The Kier molecular flexibility index (Phi) is 6.09. The van der Waals surface area contributed by atoms with Crippen molar-refractivity contribution in [1.29, 1.82) is 0 Å². The van der Waals surface area contributed by atoms with Crippen molar-refractivity contribution in [3.8, 4) is 5.75 Å². The van der Waals surface area contributed by atoms with Crippen molar-refractivity contribution in [3.63, 3.8) is 0 Å². The number of nitrogens with one attached hydrogen (secondary N) is 1. The van der Waals surface area contributed by atoms with Gasteiger partial charge in [0.25, 0.3) is 0 Å². The quantitative estimate of drug-likeness (QED) is 0.779. The largest absolute Gasteiger partial charge is 0.489 e. The number of benzene rings is 2. The van der Waals surface area contributed by atoms with Gasteiger partial charge in [0.15, 0.2) is 0 Å². The molecule has 0 heterocycles. The van der Waals surface area contributed by atoms with Gasteiger partial charge in [0, 0.05) is 16.6 Å². The maximum Gasteiger partial charge on any atom is 0.124 e. The lowest BCUT2D eigenvalue weighted by Crippen LogP contribution is -2.19. The minimum Gasteiger partial charge on any atom is -0.489 e. The second-order valence-electron chi connectivity index (χ2n) is 5.13. The fraction of sp³-hybridized carbons (Fsp3) is 0.333. The van der Waals surface area contributed by atoms with Gasteiger partial charge in [0.1, 0.15) is 12.4 Å². The van der Waals surface area contributed by atoms with Gasteiger partial charge >= 0.3 is 0 Å². The van der Waals surface area contributed by atoms with E-state index < -0.39 is 0 Å². The molecule has 1 N–H and O–H groups in total. The lowest BCUT2D eigenvalue weighted by molar-refractivity contribution is 0.299. The Hall–Kier alpha value is -1.51. The second kappa shape index (κ2) is 8.06. The molecule has 0 spiro atoms. The van der Waals surface area contributed by atoms with Crippen LogP contribution in [0.5, 0.6) is 5.75 Å². The Labute approximate surface area is 132 Å². The normalized spacial score (nSPS) is 12.1. The van der Waals surface area contributed by atoms with Crippen LogP contribution < -0.4 is 10.1 Å². The van der Waals surface area contributed by atoms with Gasteiger partial charge in [0.05, 0.1) is 0 Å². The molecule has 3 heteroatoms. The van der Waals surface area contributed by atoms with Gasteiger partial charge in [-0.3, -0.25) is 0 Å². The van der Waals surface area contributed by atoms with Gasteiger partial charge < -0.3 is 10.1 Å². The van der Waals surface area contributed by atoms with Crippen molar-refractivity contribution in [2.24, 2.45) is 0 Å². The summed E-state index contributed by atoms with van der Waals surface area (Å²) in [7, 11) is 0. The van der Waals surface area contributed by atoms with Crippen LogP contribution in [0.2, 0.25) is 5.02 Å². The molecule has 1 atom stereocenters. The molecular formula is C18H22ClNO. The van der Waals surface area contributed by atoms with Crippen molar-refractivity contribution in [3.05, 3.63) is 64.7 Å². The summed E-state index contributed by atoms with van der Waals surface area (Å²) in [4.78, 5) is 0. The van der Waals surface area contributed by atoms with Crippen LogP contribution in [-0.2, 0) is 6.61 Å². The van der Waals surface area contributed by atoms with E-state index in [1.807, 2.05) is 36.4 Å². The number of halogens is 1. The third-order valence-corrected chi connectivity index (χ3v) is 3.65. The first-order valence-corrected chi connectivity index (χ1v) is 7.78. The number of ether oxygens (including phenoxy) is 1. The molecule has 0 amide bonds. The number of hydrogen-bond acceptors (Lipinski definition) is 2. The summed E-state index contributed by atoms with van der Waals surface area (Å²) < 4.78 is 5.98. The molecule has 0 aliphatic carbocycles. The third-order valence-electron chi connectivity index (χ3n) is 3.39. The molecule has 0 radical (unpaired) electrons. The van der Waals surface area contributed by atoms with Crippen molar-refractivity contribution >= 4 is 11.6 Å². The molecule has 2 nitrogen and oxygen atoms in total. The first-order valence-electron chi connectivity index (χ1n) is 7.40. The summed E-state index contributed by atoms with van der Waals surface area (Å²) in [6.45, 7) is 5.89. The predicted octanol–water partition coefficient (Wildman–Crippen LogP) is 4.98. The highest BCUT2D eigenvalue weighted by Gasteiger charge is 2.10. The minimum atomic E-state index is 0.284. The summed E-state index contributed by atoms with van der Waals surface area (Å²) in [5.74, 6) is 0.934. The van der Waals surface area contributed by atoms with Crippen LogP contribution in [0.25, 0.3) is 0 Å². The number of hydrogen-bond donors (Lipinski definition) is 1. The molecule has 21 heavy (non-hydrogen) atoms. The fourth-order valence-electron chi connectivity index (χ4n) is 2.18. The van der Waals surface area contributed by atoms with E-state index in [1.54, 1.807) is 0 Å². The molecule has 2 rings (SSSR count). The smallest absolute Gasteiger partial charge is 0.124 e. The van der Waals surface area contributed by atoms with Crippen LogP contribution in [0.15, 0.2) is 48.5 Å². The Morgan fingerprint density at radius 2 is 1.81 bits per heavy atom. The lowest BCUT2D eigenvalue weighted by Gasteiger charge is -2.18. The SMILES string of the molecule is CCCNC(C)c1ccccc1OCc1ccc(Cl)cc1. The van der Waals surface area contributed by atoms with Gasteiger partial charge in [-0.1, -0.05) is 48.9 Å². The number of para-hydroxylation sites is 1. The Bertz CT molecular complexity index is 553. The highest BCUT2D eigenvalue weighted by atomic mass is 35.5. The first kappa shape index (κ1) is 15.9. The van der Waals surface area contributed by atoms with Crippen LogP contribution >= 0.6 is 11.6 Å². The zero-order chi connectivity index (χ0) is 15.1. The van der Waals surface area contributed by atoms with E-state index in [-0.39, 0.29) is 6.04 Å². The molecule has 0 aliphatic heterocycles. The van der Waals surface area contributed by atoms with E-state index in [0.29, 0.717) is 6.61 Å². The number of rotatable bonds is 7. The van der Waals surface area contributed by atoms with Gasteiger partial charge in [0.2, 0.25) is 0 Å². The monoisotopic (exact) mass is 303 g/mol. The van der Waals surface area contributed by atoms with Gasteiger partial charge in [-0.15, -0.1) is 0 Å². The molecule has 0 saturated heterocycles. The highest BCUT2D eigenvalue weighted by Crippen LogP contribution is 2.25. The molecule has 2 aromatic carbocycles. The molecule has 0 aromatic heterocycles. The van der Waals surface area contributed by atoms with Gasteiger partial charge in [-0.2, -0.15) is 0 Å². The predicted molar refractivity (Wildman–Crippen MR) is 88.9 cm³/mol. The van der Waals surface area contributed by atoms with Crippen LogP contribution in [0, 0.1) is 0 Å². The molecule has 0 saturated carbocycles. The molecule has 0 bridgehead atoms. The molecular weight excluding hydrogens is 282 g/mol. The van der Waals surface area contributed by atoms with Crippen molar-refractivity contribution in [1.82, 2.24) is 5.32 Å². The van der Waals surface area contributed by atoms with Crippen LogP contribution in [0.4, 0.5) is 0 Å². The summed E-state index contributed by atoms with van der Waals surface area (Å²) in [5, 5.41) is 4.24. The van der Waals surface area contributed by atoms with Gasteiger partial charge in [-0.05, 0) is 43.7 Å². The van der Waals surface area contributed by atoms with Crippen molar-refractivity contribution in [2.75, 3.05) is 6.54 Å². The zero-order valence-corrected chi connectivity index (χ0v) is 13.4. The minimum absolute atomic E-state index is 0.284. The summed E-state index contributed by atoms with van der Waals surface area (Å²) in [6, 6.07) is 16.2. The molecule has 2 aromatic rings. The second-order valence-corrected chi connectivity index (χ2v) is 5.57. The topological polar surface area (TPSA) is 21.3 Å². The average Bonchev–Trinajstić information content (AvgIpc) is 2.52. The molecule has 0 aliphatic rings. The van der Waals surface area contributed by atoms with E-state index in [2.05, 4.69) is 31.3 Å². The van der Waals surface area contributed by atoms with E-state index in [1.165, 1.54) is 5.56 Å². The summed E-state index contributed by atoms with van der Waals surface area (Å²) >= 11 is 5.90. The maximum absolute atomic E-state index is 5.98. The van der Waals surface area contributed by atoms with Crippen LogP contribution in [-0.4, -0.2) is 6.54 Å². The Morgan fingerprint density at radius 3 is 2.52 bits per heavy atom. The average molecular weight is 304 g/mol.